The van der Waals surface area contributed by atoms with Crippen LogP contribution in [0.15, 0.2) is 10.9 Å². The van der Waals surface area contributed by atoms with Crippen molar-refractivity contribution in [2.24, 2.45) is 5.92 Å². The molecule has 0 aliphatic heterocycles. The fourth-order valence-electron chi connectivity index (χ4n) is 1.32. The van der Waals surface area contributed by atoms with Gasteiger partial charge in [-0.3, -0.25) is 0 Å². The van der Waals surface area contributed by atoms with E-state index in [0.717, 1.165) is 18.7 Å². The van der Waals surface area contributed by atoms with Gasteiger partial charge in [0.2, 0.25) is 0 Å². The fraction of sp³-hybridized carbons (Fsp3) is 0.727. The highest BCUT2D eigenvalue weighted by atomic mass is 32.1. The van der Waals surface area contributed by atoms with Gasteiger partial charge in [0.05, 0.1) is 17.3 Å². The molecule has 0 amide bonds. The van der Waals surface area contributed by atoms with Gasteiger partial charge in [-0.15, -0.1) is 11.3 Å². The third-order valence-corrected chi connectivity index (χ3v) is 3.16. The SMILES string of the molecule is CC(NCCC(O)C(C)C)c1cscn1. The molecular formula is C11H20N2OS. The number of nitrogens with one attached hydrogen (secondary N) is 1. The van der Waals surface area contributed by atoms with Gasteiger partial charge in [0.15, 0.2) is 0 Å². The first-order valence-corrected chi connectivity index (χ1v) is 6.35. The second-order valence-corrected chi connectivity index (χ2v) is 4.91. The molecule has 0 aliphatic carbocycles. The summed E-state index contributed by atoms with van der Waals surface area (Å²) in [5, 5.41) is 15.0. The van der Waals surface area contributed by atoms with Crippen molar-refractivity contribution in [3.63, 3.8) is 0 Å². The largest absolute Gasteiger partial charge is 0.393 e. The molecule has 0 spiro atoms. The minimum absolute atomic E-state index is 0.208. The number of aliphatic hydroxyl groups excluding tert-OH is 1. The van der Waals surface area contributed by atoms with E-state index in [1.54, 1.807) is 11.3 Å². The quantitative estimate of drug-likeness (QED) is 0.784. The van der Waals surface area contributed by atoms with Crippen molar-refractivity contribution in [2.45, 2.75) is 39.3 Å². The molecule has 0 radical (unpaired) electrons. The first kappa shape index (κ1) is 12.6. The number of aromatic nitrogens is 1. The Kier molecular flexibility index (Phi) is 5.22. The number of hydrogen-bond acceptors (Lipinski definition) is 4. The number of nitrogens with zero attached hydrogens (tertiary/aromatic N) is 1. The molecule has 2 N–H and O–H groups in total. The van der Waals surface area contributed by atoms with Gasteiger partial charge in [-0.05, 0) is 25.8 Å². The van der Waals surface area contributed by atoms with Crippen LogP contribution >= 0.6 is 11.3 Å². The lowest BCUT2D eigenvalue weighted by atomic mass is 10.0. The minimum atomic E-state index is -0.208. The number of thiazole rings is 1. The van der Waals surface area contributed by atoms with Gasteiger partial charge in [0.25, 0.3) is 0 Å². The lowest BCUT2D eigenvalue weighted by Gasteiger charge is -2.16. The lowest BCUT2D eigenvalue weighted by molar-refractivity contribution is 0.115. The molecule has 0 fully saturated rings. The Morgan fingerprint density at radius 1 is 1.47 bits per heavy atom. The monoisotopic (exact) mass is 228 g/mol. The maximum Gasteiger partial charge on any atom is 0.0795 e. The average molecular weight is 228 g/mol. The molecule has 86 valence electrons. The van der Waals surface area contributed by atoms with Crippen LogP contribution in [0.3, 0.4) is 0 Å². The Balaban J connectivity index is 2.21. The zero-order valence-electron chi connectivity index (χ0n) is 9.60. The standard InChI is InChI=1S/C11H20N2OS/c1-8(2)11(14)4-5-12-9(3)10-6-15-7-13-10/h6-9,11-12,14H,4-5H2,1-3H3. The van der Waals surface area contributed by atoms with Crippen LogP contribution in [0.1, 0.15) is 38.9 Å². The van der Waals surface area contributed by atoms with Crippen molar-refractivity contribution in [2.75, 3.05) is 6.54 Å². The molecule has 1 rings (SSSR count). The van der Waals surface area contributed by atoms with E-state index in [1.165, 1.54) is 0 Å². The highest BCUT2D eigenvalue weighted by molar-refractivity contribution is 7.07. The van der Waals surface area contributed by atoms with E-state index in [-0.39, 0.29) is 12.1 Å². The van der Waals surface area contributed by atoms with Crippen molar-refractivity contribution in [3.8, 4) is 0 Å². The van der Waals surface area contributed by atoms with Gasteiger partial charge >= 0.3 is 0 Å². The molecule has 4 heteroatoms. The molecule has 3 nitrogen and oxygen atoms in total. The third kappa shape index (κ3) is 4.28. The maximum atomic E-state index is 9.62. The second-order valence-electron chi connectivity index (χ2n) is 4.19. The lowest BCUT2D eigenvalue weighted by Crippen LogP contribution is -2.25. The molecule has 1 aromatic heterocycles. The molecular weight excluding hydrogens is 208 g/mol. The molecule has 0 saturated carbocycles. The van der Waals surface area contributed by atoms with Gasteiger partial charge in [-0.2, -0.15) is 0 Å². The summed E-state index contributed by atoms with van der Waals surface area (Å²) in [6.07, 6.45) is 0.590. The maximum absolute atomic E-state index is 9.62. The number of aliphatic hydroxyl groups is 1. The first-order valence-electron chi connectivity index (χ1n) is 5.40. The van der Waals surface area contributed by atoms with Crippen LogP contribution in [0.5, 0.6) is 0 Å². The van der Waals surface area contributed by atoms with Crippen LogP contribution in [-0.4, -0.2) is 22.7 Å². The van der Waals surface area contributed by atoms with Crippen LogP contribution in [0.2, 0.25) is 0 Å². The molecule has 1 heterocycles. The zero-order chi connectivity index (χ0) is 11.3. The summed E-state index contributed by atoms with van der Waals surface area (Å²) in [7, 11) is 0. The van der Waals surface area contributed by atoms with Crippen molar-refractivity contribution >= 4 is 11.3 Å². The first-order chi connectivity index (χ1) is 7.11. The van der Waals surface area contributed by atoms with Crippen LogP contribution < -0.4 is 5.32 Å². The second kappa shape index (κ2) is 6.20. The van der Waals surface area contributed by atoms with Crippen molar-refractivity contribution < 1.29 is 5.11 Å². The summed E-state index contributed by atoms with van der Waals surface area (Å²) in [6, 6.07) is 0.274. The van der Waals surface area contributed by atoms with E-state index < -0.39 is 0 Å². The molecule has 0 saturated heterocycles. The molecule has 1 aromatic rings. The van der Waals surface area contributed by atoms with Crippen molar-refractivity contribution in [1.82, 2.24) is 10.3 Å². The summed E-state index contributed by atoms with van der Waals surface area (Å²) in [6.45, 7) is 7.00. The number of rotatable bonds is 6. The van der Waals surface area contributed by atoms with Crippen LogP contribution in [0, 0.1) is 5.92 Å². The van der Waals surface area contributed by atoms with Gasteiger partial charge in [-0.1, -0.05) is 13.8 Å². The highest BCUT2D eigenvalue weighted by Gasteiger charge is 2.10. The molecule has 15 heavy (non-hydrogen) atoms. The Labute approximate surface area is 95.6 Å². The zero-order valence-corrected chi connectivity index (χ0v) is 10.4. The molecule has 2 atom stereocenters. The Morgan fingerprint density at radius 2 is 2.20 bits per heavy atom. The van der Waals surface area contributed by atoms with Crippen molar-refractivity contribution in [1.29, 1.82) is 0 Å². The number of hydrogen-bond donors (Lipinski definition) is 2. The van der Waals surface area contributed by atoms with Crippen LogP contribution in [0.4, 0.5) is 0 Å². The van der Waals surface area contributed by atoms with Crippen molar-refractivity contribution in [3.05, 3.63) is 16.6 Å². The van der Waals surface area contributed by atoms with Gasteiger partial charge in [0, 0.05) is 11.4 Å². The smallest absolute Gasteiger partial charge is 0.0795 e. The van der Waals surface area contributed by atoms with Gasteiger partial charge in [-0.25, -0.2) is 4.98 Å². The molecule has 0 aromatic carbocycles. The summed E-state index contributed by atoms with van der Waals surface area (Å²) < 4.78 is 0. The van der Waals surface area contributed by atoms with Gasteiger partial charge in [0.1, 0.15) is 0 Å². The summed E-state index contributed by atoms with van der Waals surface area (Å²) >= 11 is 1.61. The Hall–Kier alpha value is -0.450. The topological polar surface area (TPSA) is 45.1 Å². The van der Waals surface area contributed by atoms with E-state index in [1.807, 2.05) is 19.4 Å². The summed E-state index contributed by atoms with van der Waals surface area (Å²) in [5.41, 5.74) is 2.93. The normalized spacial score (nSPS) is 15.5. The minimum Gasteiger partial charge on any atom is -0.393 e. The fourth-order valence-corrected chi connectivity index (χ4v) is 1.97. The molecule has 2 unspecified atom stereocenters. The third-order valence-electron chi connectivity index (χ3n) is 2.56. The van der Waals surface area contributed by atoms with E-state index in [9.17, 15) is 5.11 Å². The average Bonchev–Trinajstić information content (AvgIpc) is 2.70. The molecule has 0 bridgehead atoms. The summed E-state index contributed by atoms with van der Waals surface area (Å²) in [4.78, 5) is 4.24. The highest BCUT2D eigenvalue weighted by Crippen LogP contribution is 2.12. The Morgan fingerprint density at radius 3 is 2.73 bits per heavy atom. The van der Waals surface area contributed by atoms with E-state index in [0.29, 0.717) is 5.92 Å². The van der Waals surface area contributed by atoms with Gasteiger partial charge < -0.3 is 10.4 Å². The van der Waals surface area contributed by atoms with Crippen LogP contribution in [-0.2, 0) is 0 Å². The van der Waals surface area contributed by atoms with E-state index in [4.69, 9.17) is 0 Å². The predicted molar refractivity (Wildman–Crippen MR) is 64.0 cm³/mol. The summed E-state index contributed by atoms with van der Waals surface area (Å²) in [5.74, 6) is 0.335. The predicted octanol–water partition coefficient (Wildman–Crippen LogP) is 2.20. The van der Waals surface area contributed by atoms with Crippen LogP contribution in [0.25, 0.3) is 0 Å². The molecule has 0 aliphatic rings. The Bertz CT molecular complexity index is 262. The van der Waals surface area contributed by atoms with E-state index >= 15 is 0 Å². The van der Waals surface area contributed by atoms with E-state index in [2.05, 4.69) is 22.6 Å².